The maximum absolute atomic E-state index is 13.3. The second-order valence-electron chi connectivity index (χ2n) is 4.43. The van der Waals surface area contributed by atoms with Gasteiger partial charge in [-0.15, -0.1) is 0 Å². The molecule has 0 spiro atoms. The molecular weight excluding hydrogens is 291 g/mol. The van der Waals surface area contributed by atoms with Crippen LogP contribution in [0.1, 0.15) is 15.9 Å². The number of carbonyl (C=O) groups is 1. The predicted molar refractivity (Wildman–Crippen MR) is 78.2 cm³/mol. The Bertz CT molecular complexity index is 718. The van der Waals surface area contributed by atoms with Crippen LogP contribution in [0.3, 0.4) is 0 Å². The van der Waals surface area contributed by atoms with Gasteiger partial charge in [-0.1, -0.05) is 18.2 Å². The molecule has 2 aromatic carbocycles. The minimum absolute atomic E-state index is 0.203. The molecule has 0 aromatic heterocycles. The number of benzene rings is 2. The number of ether oxygens (including phenoxy) is 1. The van der Waals surface area contributed by atoms with E-state index in [9.17, 15) is 19.3 Å². The number of methoxy groups -OCH3 is 1. The summed E-state index contributed by atoms with van der Waals surface area (Å²) in [5.74, 6) is -1.38. The second-order valence-corrected chi connectivity index (χ2v) is 4.43. The van der Waals surface area contributed by atoms with E-state index >= 15 is 0 Å². The number of rotatable bonds is 5. The van der Waals surface area contributed by atoms with E-state index in [2.05, 4.69) is 10.1 Å². The Hall–Kier alpha value is -2.96. The Morgan fingerprint density at radius 1 is 1.32 bits per heavy atom. The molecule has 0 atom stereocenters. The van der Waals surface area contributed by atoms with Gasteiger partial charge in [0.1, 0.15) is 0 Å². The fourth-order valence-corrected chi connectivity index (χ4v) is 1.93. The van der Waals surface area contributed by atoms with Crippen LogP contribution in [-0.2, 0) is 11.3 Å². The molecule has 2 rings (SSSR count). The zero-order valence-electron chi connectivity index (χ0n) is 11.7. The molecule has 0 heterocycles. The maximum atomic E-state index is 13.3. The first kappa shape index (κ1) is 15.4. The van der Waals surface area contributed by atoms with Gasteiger partial charge in [0.2, 0.25) is 5.82 Å². The van der Waals surface area contributed by atoms with Gasteiger partial charge in [0, 0.05) is 18.3 Å². The van der Waals surface area contributed by atoms with Gasteiger partial charge >= 0.3 is 11.7 Å². The molecule has 0 fully saturated rings. The van der Waals surface area contributed by atoms with Gasteiger partial charge in [0.05, 0.1) is 17.6 Å². The van der Waals surface area contributed by atoms with Crippen molar-refractivity contribution in [2.75, 3.05) is 12.4 Å². The first-order valence-corrected chi connectivity index (χ1v) is 6.37. The molecule has 0 aliphatic rings. The molecule has 0 saturated heterocycles. The number of nitro groups is 1. The molecule has 114 valence electrons. The van der Waals surface area contributed by atoms with E-state index in [1.165, 1.54) is 13.2 Å². The molecule has 0 bridgehead atoms. The monoisotopic (exact) mass is 304 g/mol. The fourth-order valence-electron chi connectivity index (χ4n) is 1.93. The van der Waals surface area contributed by atoms with E-state index in [-0.39, 0.29) is 6.54 Å². The largest absolute Gasteiger partial charge is 0.465 e. The lowest BCUT2D eigenvalue weighted by Gasteiger charge is -2.10. The third-order valence-electron chi connectivity index (χ3n) is 3.02. The van der Waals surface area contributed by atoms with Crippen molar-refractivity contribution in [2.24, 2.45) is 0 Å². The lowest BCUT2D eigenvalue weighted by atomic mass is 10.1. The number of carbonyl (C=O) groups excluding carboxylic acids is 1. The van der Waals surface area contributed by atoms with Gasteiger partial charge in [-0.25, -0.2) is 4.79 Å². The fraction of sp³-hybridized carbons (Fsp3) is 0.133. The molecule has 1 N–H and O–H groups in total. The number of nitrogens with zero attached hydrogens (tertiary/aromatic N) is 1. The summed E-state index contributed by atoms with van der Waals surface area (Å²) in [4.78, 5) is 21.6. The van der Waals surface area contributed by atoms with Crippen molar-refractivity contribution in [3.63, 3.8) is 0 Å². The number of esters is 1. The molecule has 0 aliphatic heterocycles. The third kappa shape index (κ3) is 3.38. The third-order valence-corrected chi connectivity index (χ3v) is 3.02. The van der Waals surface area contributed by atoms with E-state index in [1.54, 1.807) is 24.3 Å². The highest BCUT2D eigenvalue weighted by Crippen LogP contribution is 2.21. The van der Waals surface area contributed by atoms with Gasteiger partial charge in [-0.3, -0.25) is 10.1 Å². The van der Waals surface area contributed by atoms with Gasteiger partial charge in [-0.2, -0.15) is 4.39 Å². The Balaban J connectivity index is 2.19. The highest BCUT2D eigenvalue weighted by molar-refractivity contribution is 5.95. The number of halogens is 1. The minimum atomic E-state index is -0.885. The van der Waals surface area contributed by atoms with E-state index in [1.807, 2.05) is 0 Å². The summed E-state index contributed by atoms with van der Waals surface area (Å²) in [6.07, 6.45) is 0. The van der Waals surface area contributed by atoms with Gasteiger partial charge < -0.3 is 10.1 Å². The molecule has 0 radical (unpaired) electrons. The van der Waals surface area contributed by atoms with Crippen LogP contribution in [0.25, 0.3) is 0 Å². The van der Waals surface area contributed by atoms with Gasteiger partial charge in [-0.05, 0) is 23.8 Å². The molecule has 0 unspecified atom stereocenters. The van der Waals surface area contributed by atoms with Crippen LogP contribution < -0.4 is 5.32 Å². The van der Waals surface area contributed by atoms with Crippen LogP contribution in [0.2, 0.25) is 0 Å². The van der Waals surface area contributed by atoms with Crippen LogP contribution >= 0.6 is 0 Å². The molecular formula is C15H13FN2O4. The standard InChI is InChI=1S/C15H13FN2O4/c1-22-15(19)11-4-2-3-5-13(11)17-9-10-6-7-12(16)14(8-10)18(20)21/h2-8,17H,9H2,1H3. The van der Waals surface area contributed by atoms with Crippen LogP contribution in [0.4, 0.5) is 15.8 Å². The lowest BCUT2D eigenvalue weighted by Crippen LogP contribution is -2.08. The van der Waals surface area contributed by atoms with Crippen LogP contribution in [0.5, 0.6) is 0 Å². The summed E-state index contributed by atoms with van der Waals surface area (Å²) in [5, 5.41) is 13.7. The second kappa shape index (κ2) is 6.66. The summed E-state index contributed by atoms with van der Waals surface area (Å²) < 4.78 is 18.0. The number of hydrogen-bond acceptors (Lipinski definition) is 5. The van der Waals surface area contributed by atoms with Crippen molar-refractivity contribution in [2.45, 2.75) is 6.54 Å². The minimum Gasteiger partial charge on any atom is -0.465 e. The Kier molecular flexibility index (Phi) is 4.67. The molecule has 7 heteroatoms. The van der Waals surface area contributed by atoms with Crippen LogP contribution in [0, 0.1) is 15.9 Å². The highest BCUT2D eigenvalue weighted by atomic mass is 19.1. The number of nitrogens with one attached hydrogen (secondary N) is 1. The summed E-state index contributed by atoms with van der Waals surface area (Å²) >= 11 is 0. The Labute approximate surface area is 125 Å². The quantitative estimate of drug-likeness (QED) is 0.521. The molecule has 0 saturated carbocycles. The topological polar surface area (TPSA) is 81.5 Å². The molecule has 22 heavy (non-hydrogen) atoms. The Morgan fingerprint density at radius 3 is 2.73 bits per heavy atom. The number of anilines is 1. The smallest absolute Gasteiger partial charge is 0.339 e. The van der Waals surface area contributed by atoms with Crippen molar-refractivity contribution >= 4 is 17.3 Å². The molecule has 0 amide bonds. The van der Waals surface area contributed by atoms with Crippen molar-refractivity contribution in [3.8, 4) is 0 Å². The van der Waals surface area contributed by atoms with E-state index in [4.69, 9.17) is 0 Å². The van der Waals surface area contributed by atoms with E-state index in [0.717, 1.165) is 12.1 Å². The predicted octanol–water partition coefficient (Wildman–Crippen LogP) is 3.13. The summed E-state index contributed by atoms with van der Waals surface area (Å²) in [6, 6.07) is 10.4. The maximum Gasteiger partial charge on any atom is 0.339 e. The van der Waals surface area contributed by atoms with Crippen molar-refractivity contribution in [3.05, 3.63) is 69.5 Å². The molecule has 6 nitrogen and oxygen atoms in total. The average Bonchev–Trinajstić information content (AvgIpc) is 2.53. The summed E-state index contributed by atoms with van der Waals surface area (Å²) in [6.45, 7) is 0.203. The SMILES string of the molecule is COC(=O)c1ccccc1NCc1ccc(F)c([N+](=O)[O-])c1. The first-order chi connectivity index (χ1) is 10.5. The molecule has 0 aliphatic carbocycles. The first-order valence-electron chi connectivity index (χ1n) is 6.37. The zero-order valence-corrected chi connectivity index (χ0v) is 11.7. The summed E-state index contributed by atoms with van der Waals surface area (Å²) in [7, 11) is 1.28. The van der Waals surface area contributed by atoms with Gasteiger partial charge in [0.15, 0.2) is 0 Å². The molecule has 2 aromatic rings. The zero-order chi connectivity index (χ0) is 16.1. The Morgan fingerprint density at radius 2 is 2.05 bits per heavy atom. The normalized spacial score (nSPS) is 10.1. The van der Waals surface area contributed by atoms with Crippen molar-refractivity contribution in [1.82, 2.24) is 0 Å². The van der Waals surface area contributed by atoms with E-state index < -0.39 is 22.4 Å². The lowest BCUT2D eigenvalue weighted by molar-refractivity contribution is -0.387. The van der Waals surface area contributed by atoms with E-state index in [0.29, 0.717) is 16.8 Å². The number of para-hydroxylation sites is 1. The van der Waals surface area contributed by atoms with Crippen molar-refractivity contribution < 1.29 is 18.8 Å². The number of hydrogen-bond donors (Lipinski definition) is 1. The van der Waals surface area contributed by atoms with Gasteiger partial charge in [0.25, 0.3) is 0 Å². The van der Waals surface area contributed by atoms with Crippen molar-refractivity contribution in [1.29, 1.82) is 0 Å². The number of nitro benzene ring substituents is 1. The highest BCUT2D eigenvalue weighted by Gasteiger charge is 2.15. The van der Waals surface area contributed by atoms with Crippen LogP contribution in [-0.4, -0.2) is 18.0 Å². The summed E-state index contributed by atoms with van der Waals surface area (Å²) in [5.41, 5.74) is 0.816. The average molecular weight is 304 g/mol. The van der Waals surface area contributed by atoms with Crippen LogP contribution in [0.15, 0.2) is 42.5 Å².